The summed E-state index contributed by atoms with van der Waals surface area (Å²) < 4.78 is 13.6. The third kappa shape index (κ3) is 2.85. The van der Waals surface area contributed by atoms with Crippen LogP contribution in [-0.4, -0.2) is 38.5 Å². The predicted octanol–water partition coefficient (Wildman–Crippen LogP) is 2.72. The minimum atomic E-state index is -0.640. The van der Waals surface area contributed by atoms with E-state index in [0.29, 0.717) is 28.6 Å². The smallest absolute Gasteiger partial charge is 0.256 e. The number of hydrogen-bond acceptors (Lipinski definition) is 4. The summed E-state index contributed by atoms with van der Waals surface area (Å²) >= 11 is 0. The highest BCUT2D eigenvalue weighted by Gasteiger charge is 2.36. The lowest BCUT2D eigenvalue weighted by atomic mass is 10.0. The van der Waals surface area contributed by atoms with Gasteiger partial charge in [0, 0.05) is 18.9 Å². The monoisotopic (exact) mass is 337 g/mol. The number of aliphatic hydroxyl groups excluding tert-OH is 1. The van der Waals surface area contributed by atoms with Crippen LogP contribution in [0.2, 0.25) is 0 Å². The van der Waals surface area contributed by atoms with Crippen LogP contribution in [0.3, 0.4) is 0 Å². The third-order valence-corrected chi connectivity index (χ3v) is 4.50. The zero-order chi connectivity index (χ0) is 17.4. The van der Waals surface area contributed by atoms with Crippen molar-refractivity contribution in [2.24, 2.45) is 0 Å². The quantitative estimate of drug-likeness (QED) is 0.781. The molecule has 0 spiro atoms. The van der Waals surface area contributed by atoms with E-state index >= 15 is 0 Å². The van der Waals surface area contributed by atoms with E-state index in [1.54, 1.807) is 47.6 Å². The van der Waals surface area contributed by atoms with Gasteiger partial charge in [0.05, 0.1) is 23.2 Å². The fourth-order valence-electron chi connectivity index (χ4n) is 3.39. The Morgan fingerprint density at radius 1 is 1.16 bits per heavy atom. The highest BCUT2D eigenvalue weighted by molar-refractivity contribution is 6.04. The van der Waals surface area contributed by atoms with Gasteiger partial charge in [-0.25, -0.2) is 4.39 Å². The number of carbonyl (C=O) groups excluding carboxylic acids is 1. The first-order valence-corrected chi connectivity index (χ1v) is 8.08. The number of carbonyl (C=O) groups is 1. The number of fused-ring (bicyclic) bond motifs is 1. The summed E-state index contributed by atoms with van der Waals surface area (Å²) in [5.74, 6) is -0.598. The van der Waals surface area contributed by atoms with Crippen LogP contribution in [0.4, 0.5) is 4.39 Å². The van der Waals surface area contributed by atoms with Gasteiger partial charge in [-0.15, -0.1) is 0 Å². The van der Waals surface area contributed by atoms with E-state index in [1.165, 1.54) is 12.1 Å². The number of likely N-dealkylation sites (tertiary alicyclic amines) is 1. The second kappa shape index (κ2) is 6.22. The van der Waals surface area contributed by atoms with Gasteiger partial charge in [0.15, 0.2) is 0 Å². The molecule has 6 heteroatoms. The molecular formula is C19H16FN3O2. The Labute approximate surface area is 143 Å². The normalized spacial score (nSPS) is 20.2. The number of para-hydroxylation sites is 1. The third-order valence-electron chi connectivity index (χ3n) is 4.50. The van der Waals surface area contributed by atoms with Crippen LogP contribution in [0.5, 0.6) is 0 Å². The molecule has 5 nitrogen and oxygen atoms in total. The number of hydrogen-bond donors (Lipinski definition) is 1. The maximum absolute atomic E-state index is 13.6. The molecule has 126 valence electrons. The van der Waals surface area contributed by atoms with E-state index in [4.69, 9.17) is 0 Å². The van der Waals surface area contributed by atoms with Gasteiger partial charge in [0.25, 0.3) is 5.91 Å². The fraction of sp³-hybridized carbons (Fsp3) is 0.211. The maximum Gasteiger partial charge on any atom is 0.256 e. The van der Waals surface area contributed by atoms with Crippen LogP contribution in [0.25, 0.3) is 11.0 Å². The summed E-state index contributed by atoms with van der Waals surface area (Å²) in [6.07, 6.45) is 2.86. The standard InChI is InChI=1S/C19H16FN3O2/c20-13-4-1-3-12(9-13)17-10-14(24)11-23(17)19(25)15-5-2-6-16-18(15)22-8-7-21-16/h1-9,14,17,24H,10-11H2/t14-,17+/m0/s1. The second-order valence-corrected chi connectivity index (χ2v) is 6.15. The Hall–Kier alpha value is -2.86. The maximum atomic E-state index is 13.6. The van der Waals surface area contributed by atoms with E-state index in [2.05, 4.69) is 9.97 Å². The van der Waals surface area contributed by atoms with Crippen molar-refractivity contribution in [3.05, 3.63) is 71.8 Å². The van der Waals surface area contributed by atoms with Crippen molar-refractivity contribution in [3.8, 4) is 0 Å². The zero-order valence-corrected chi connectivity index (χ0v) is 13.3. The van der Waals surface area contributed by atoms with E-state index in [1.807, 2.05) is 0 Å². The molecular weight excluding hydrogens is 321 g/mol. The van der Waals surface area contributed by atoms with Crippen molar-refractivity contribution in [3.63, 3.8) is 0 Å². The van der Waals surface area contributed by atoms with E-state index in [9.17, 15) is 14.3 Å². The van der Waals surface area contributed by atoms with Crippen LogP contribution >= 0.6 is 0 Å². The van der Waals surface area contributed by atoms with Gasteiger partial charge >= 0.3 is 0 Å². The first-order valence-electron chi connectivity index (χ1n) is 8.08. The molecule has 2 atom stereocenters. The summed E-state index contributed by atoms with van der Waals surface area (Å²) in [6.45, 7) is 0.205. The molecule has 1 aromatic heterocycles. The van der Waals surface area contributed by atoms with Gasteiger partial charge in [-0.2, -0.15) is 0 Å². The molecule has 0 aliphatic carbocycles. The Morgan fingerprint density at radius 2 is 1.96 bits per heavy atom. The summed E-state index contributed by atoms with van der Waals surface area (Å²) in [5.41, 5.74) is 2.27. The number of amides is 1. The van der Waals surface area contributed by atoms with E-state index in [0.717, 1.165) is 0 Å². The summed E-state index contributed by atoms with van der Waals surface area (Å²) in [4.78, 5) is 23.2. The van der Waals surface area contributed by atoms with Crippen LogP contribution in [0, 0.1) is 5.82 Å². The average molecular weight is 337 g/mol. The number of aromatic nitrogens is 2. The SMILES string of the molecule is O=C(c1cccc2nccnc12)N1C[C@@H](O)C[C@@H]1c1cccc(F)c1. The Bertz CT molecular complexity index is 941. The molecule has 0 radical (unpaired) electrons. The molecule has 2 aromatic carbocycles. The Kier molecular flexibility index (Phi) is 3.89. The second-order valence-electron chi connectivity index (χ2n) is 6.15. The molecule has 2 heterocycles. The number of aliphatic hydroxyl groups is 1. The fourth-order valence-corrected chi connectivity index (χ4v) is 3.39. The van der Waals surface area contributed by atoms with Crippen molar-refractivity contribution in [1.82, 2.24) is 14.9 Å². The summed E-state index contributed by atoms with van der Waals surface area (Å²) in [6, 6.07) is 11.0. The highest BCUT2D eigenvalue weighted by Crippen LogP contribution is 2.34. The van der Waals surface area contributed by atoms with Crippen LogP contribution in [-0.2, 0) is 0 Å². The lowest BCUT2D eigenvalue weighted by Crippen LogP contribution is -2.32. The molecule has 0 bridgehead atoms. The molecule has 1 fully saturated rings. The van der Waals surface area contributed by atoms with Crippen molar-refractivity contribution in [2.45, 2.75) is 18.6 Å². The minimum absolute atomic E-state index is 0.205. The first-order chi connectivity index (χ1) is 12.1. The van der Waals surface area contributed by atoms with Gasteiger partial charge in [-0.05, 0) is 36.2 Å². The molecule has 1 saturated heterocycles. The average Bonchev–Trinajstić information content (AvgIpc) is 3.02. The lowest BCUT2D eigenvalue weighted by Gasteiger charge is -2.25. The van der Waals surface area contributed by atoms with Crippen LogP contribution in [0.1, 0.15) is 28.4 Å². The zero-order valence-electron chi connectivity index (χ0n) is 13.3. The molecule has 0 saturated carbocycles. The number of halogens is 1. The van der Waals surface area contributed by atoms with Crippen LogP contribution in [0.15, 0.2) is 54.9 Å². The first kappa shape index (κ1) is 15.7. The molecule has 1 aliphatic heterocycles. The van der Waals surface area contributed by atoms with Gasteiger partial charge < -0.3 is 10.0 Å². The number of nitrogens with zero attached hydrogens (tertiary/aromatic N) is 3. The number of benzene rings is 2. The van der Waals surface area contributed by atoms with Crippen LogP contribution < -0.4 is 0 Å². The molecule has 1 aliphatic rings. The molecule has 1 amide bonds. The topological polar surface area (TPSA) is 66.3 Å². The van der Waals surface area contributed by atoms with Gasteiger partial charge in [0.1, 0.15) is 11.3 Å². The molecule has 25 heavy (non-hydrogen) atoms. The van der Waals surface area contributed by atoms with Crippen molar-refractivity contribution < 1.29 is 14.3 Å². The number of β-amino-alcohol motifs (C(OH)–C–C–N with tert-alkyl or cyclic N) is 1. The minimum Gasteiger partial charge on any atom is -0.391 e. The largest absolute Gasteiger partial charge is 0.391 e. The summed E-state index contributed by atoms with van der Waals surface area (Å²) in [7, 11) is 0. The Balaban J connectivity index is 1.75. The van der Waals surface area contributed by atoms with Gasteiger partial charge in [0.2, 0.25) is 0 Å². The van der Waals surface area contributed by atoms with Crippen molar-refractivity contribution in [2.75, 3.05) is 6.54 Å². The lowest BCUT2D eigenvalue weighted by molar-refractivity contribution is 0.0717. The van der Waals surface area contributed by atoms with Gasteiger partial charge in [-0.1, -0.05) is 18.2 Å². The van der Waals surface area contributed by atoms with Crippen molar-refractivity contribution >= 4 is 16.9 Å². The summed E-state index contributed by atoms with van der Waals surface area (Å²) in [5, 5.41) is 10.1. The molecule has 0 unspecified atom stereocenters. The predicted molar refractivity (Wildman–Crippen MR) is 90.3 cm³/mol. The highest BCUT2D eigenvalue weighted by atomic mass is 19.1. The van der Waals surface area contributed by atoms with Gasteiger partial charge in [-0.3, -0.25) is 14.8 Å². The number of rotatable bonds is 2. The van der Waals surface area contributed by atoms with E-state index in [-0.39, 0.29) is 24.3 Å². The Morgan fingerprint density at radius 3 is 2.80 bits per heavy atom. The van der Waals surface area contributed by atoms with E-state index < -0.39 is 6.10 Å². The molecule has 1 N–H and O–H groups in total. The molecule has 3 aromatic rings. The molecule has 4 rings (SSSR count). The van der Waals surface area contributed by atoms with Crippen molar-refractivity contribution in [1.29, 1.82) is 0 Å².